The minimum atomic E-state index is -6.00. The number of aliphatic carboxylic acids is 4. The number of aromatic nitrogens is 8. The predicted molar refractivity (Wildman–Crippen MR) is 182 cm³/mol. The molecule has 4 aromatic heterocycles. The molecule has 0 bridgehead atoms. The topological polar surface area (TPSA) is 196 Å². The summed E-state index contributed by atoms with van der Waals surface area (Å²) in [7, 11) is -16.5. The summed E-state index contributed by atoms with van der Waals surface area (Å²) in [5, 5.41) is 40.2. The van der Waals surface area contributed by atoms with Crippen LogP contribution in [0, 0.1) is 0 Å². The third-order valence-corrected chi connectivity index (χ3v) is 5.59. The summed E-state index contributed by atoms with van der Waals surface area (Å²) < 4.78 is 171. The maximum atomic E-state index is 10.0. The second-order valence-electron chi connectivity index (χ2n) is 11.7. The van der Waals surface area contributed by atoms with Gasteiger partial charge in [-0.05, 0) is 0 Å². The monoisotopic (exact) mass is 1170 g/mol. The summed E-state index contributed by atoms with van der Waals surface area (Å²) in [6.45, 7) is 1.90. The molecule has 0 unspecified atom stereocenters. The molecule has 16 nitrogen and oxygen atoms in total. The van der Waals surface area contributed by atoms with Crippen molar-refractivity contribution in [3.8, 4) is 0 Å². The molecule has 38 heteroatoms. The van der Waals surface area contributed by atoms with Crippen LogP contribution in [0.2, 0.25) is 0 Å². The average Bonchev–Trinajstić information content (AvgIpc) is 3.88. The Bertz CT molecular complexity index is 1610. The number of rotatable bonds is 12. The Hall–Kier alpha value is -4.89. The number of aryl methyl sites for hydroxylation is 8. The van der Waals surface area contributed by atoms with Crippen molar-refractivity contribution in [3.63, 3.8) is 0 Å². The standard InChI is InChI=1S/4C7H10N2O2.4BF4.2Rh/c4*1-8-4-5-9(6-8)3-2-7(10)11;4*2-1(3,4)5;;/h4*4-6H,2-3H2,1H3;;;;;;/q;;;;4*-1;2*+2. The molecular formula is C28H40B4F16N8O8Rh2. The molecule has 4 aromatic rings. The molecule has 4 rings (SSSR count). The first-order valence-electron chi connectivity index (χ1n) is 17.1. The summed E-state index contributed by atoms with van der Waals surface area (Å²) in [6.07, 6.45) is 22.3. The SMILES string of the molecule is C[n+]1ccn(CCC(=O)[O-])c1.C[n+]1ccn(CCC(=O)[O-])c1.C[n+]1ccn(CCC(=O)[O-])c1.C[n+]1ccn(CCC(=O)[O-])c1.F[B-](F)(F)F.F[B-](F)(F)F.F[B-](F)(F)F.F[B-](F)(F)F.[Rh+2].[Rh+2]. The van der Waals surface area contributed by atoms with Gasteiger partial charge in [-0.25, -0.2) is 36.5 Å². The molecule has 4 heterocycles. The quantitative estimate of drug-likeness (QED) is 0.0980. The second-order valence-corrected chi connectivity index (χ2v) is 11.7. The van der Waals surface area contributed by atoms with Crippen LogP contribution in [0.1, 0.15) is 25.7 Å². The summed E-state index contributed by atoms with van der Waals surface area (Å²) in [5.74, 6) is -4.05. The number of carbonyl (C=O) groups is 4. The van der Waals surface area contributed by atoms with E-state index < -0.39 is 52.9 Å². The zero-order chi connectivity index (χ0) is 51.1. The van der Waals surface area contributed by atoms with Gasteiger partial charge in [-0.15, -0.1) is 0 Å². The number of hydrogen-bond acceptors (Lipinski definition) is 8. The van der Waals surface area contributed by atoms with E-state index in [1.54, 1.807) is 18.3 Å². The Labute approximate surface area is 391 Å². The fraction of sp³-hybridized carbons (Fsp3) is 0.429. The summed E-state index contributed by atoms with van der Waals surface area (Å²) >= 11 is 0. The zero-order valence-corrected chi connectivity index (χ0v) is 37.7. The molecular weight excluding hydrogens is 1130 g/mol. The molecule has 0 atom stereocenters. The summed E-state index contributed by atoms with van der Waals surface area (Å²) in [5.41, 5.74) is 0. The Morgan fingerprint density at radius 3 is 0.561 bits per heavy atom. The number of carboxylic acid groups (broad SMARTS) is 4. The normalized spacial score (nSPS) is 10.2. The van der Waals surface area contributed by atoms with Gasteiger partial charge in [0.2, 0.25) is 25.3 Å². The maximum Gasteiger partial charge on any atom is 2.00 e. The van der Waals surface area contributed by atoms with Crippen molar-refractivity contribution in [1.82, 2.24) is 18.3 Å². The number of halogens is 16. The van der Waals surface area contributed by atoms with Crippen molar-refractivity contribution in [2.45, 2.75) is 51.9 Å². The number of carbonyl (C=O) groups excluding carboxylic acids is 4. The van der Waals surface area contributed by atoms with E-state index in [0.29, 0.717) is 26.2 Å². The minimum Gasteiger partial charge on any atom is -0.550 e. The second kappa shape index (κ2) is 37.2. The molecule has 0 spiro atoms. The van der Waals surface area contributed by atoms with Crippen LogP contribution in [0.15, 0.2) is 74.9 Å². The first-order chi connectivity index (χ1) is 28.7. The van der Waals surface area contributed by atoms with Gasteiger partial charge in [0.1, 0.15) is 49.6 Å². The molecule has 0 saturated heterocycles. The molecule has 0 aliphatic carbocycles. The van der Waals surface area contributed by atoms with Gasteiger partial charge in [0, 0.05) is 49.6 Å². The maximum absolute atomic E-state index is 10.0. The van der Waals surface area contributed by atoms with E-state index in [1.807, 2.05) is 121 Å². The number of imidazole rings is 4. The number of carboxylic acids is 4. The Balaban J connectivity index is -0.000000159. The number of nitrogens with zero attached hydrogens (tertiary/aromatic N) is 8. The van der Waals surface area contributed by atoms with Gasteiger partial charge in [0.15, 0.2) is 0 Å². The van der Waals surface area contributed by atoms with E-state index in [4.69, 9.17) is 0 Å². The van der Waals surface area contributed by atoms with Gasteiger partial charge in [-0.3, -0.25) is 0 Å². The largest absolute Gasteiger partial charge is 2.00 e. The van der Waals surface area contributed by atoms with Gasteiger partial charge in [0.25, 0.3) is 0 Å². The van der Waals surface area contributed by atoms with E-state index >= 15 is 0 Å². The van der Waals surface area contributed by atoms with E-state index in [1.165, 1.54) is 0 Å². The van der Waals surface area contributed by atoms with Crippen LogP contribution < -0.4 is 38.7 Å². The summed E-state index contributed by atoms with van der Waals surface area (Å²) in [4.78, 5) is 40.2. The Morgan fingerprint density at radius 2 is 0.485 bits per heavy atom. The molecule has 0 aliphatic rings. The molecule has 0 aromatic carbocycles. The van der Waals surface area contributed by atoms with Crippen molar-refractivity contribution in [2.24, 2.45) is 28.2 Å². The molecule has 66 heavy (non-hydrogen) atoms. The van der Waals surface area contributed by atoms with Gasteiger partial charge in [0.05, 0.1) is 54.4 Å². The van der Waals surface area contributed by atoms with E-state index in [0.717, 1.165) is 0 Å². The molecule has 2 radical (unpaired) electrons. The van der Waals surface area contributed by atoms with Gasteiger partial charge >= 0.3 is 68.0 Å². The van der Waals surface area contributed by atoms with Gasteiger partial charge in [-0.1, -0.05) is 0 Å². The third kappa shape index (κ3) is 76.4. The average molecular weight is 1170 g/mol. The fourth-order valence-corrected chi connectivity index (χ4v) is 3.42. The first kappa shape index (κ1) is 72.7. The van der Waals surface area contributed by atoms with Crippen molar-refractivity contribution in [1.29, 1.82) is 0 Å². The molecule has 382 valence electrons. The van der Waals surface area contributed by atoms with Gasteiger partial charge in [-0.2, -0.15) is 0 Å². The minimum absolute atomic E-state index is 0. The molecule has 0 fully saturated rings. The van der Waals surface area contributed by atoms with Crippen LogP contribution in [0.25, 0.3) is 0 Å². The van der Waals surface area contributed by atoms with Gasteiger partial charge < -0.3 is 109 Å². The van der Waals surface area contributed by atoms with Crippen LogP contribution in [0.3, 0.4) is 0 Å². The van der Waals surface area contributed by atoms with Crippen molar-refractivity contribution >= 4 is 52.9 Å². The molecule has 0 amide bonds. The Morgan fingerprint density at radius 1 is 0.364 bits per heavy atom. The molecule has 0 N–H and O–H groups in total. The van der Waals surface area contributed by atoms with Crippen molar-refractivity contribution in [3.05, 3.63) is 74.9 Å². The van der Waals surface area contributed by atoms with Crippen molar-refractivity contribution < 1.29 is 166 Å². The van der Waals surface area contributed by atoms with Crippen molar-refractivity contribution in [2.75, 3.05) is 0 Å². The molecule has 0 aliphatic heterocycles. The Kier molecular flexibility index (Phi) is 41.0. The number of hydrogen-bond donors (Lipinski definition) is 0. The van der Waals surface area contributed by atoms with Crippen LogP contribution in [0.4, 0.5) is 69.1 Å². The fourth-order valence-electron chi connectivity index (χ4n) is 3.42. The van der Waals surface area contributed by atoms with E-state index in [9.17, 15) is 109 Å². The zero-order valence-electron chi connectivity index (χ0n) is 34.5. The van der Waals surface area contributed by atoms with Crippen LogP contribution in [-0.4, -0.2) is 71.2 Å². The van der Waals surface area contributed by atoms with Crippen LogP contribution >= 0.6 is 0 Å². The summed E-state index contributed by atoms with van der Waals surface area (Å²) in [6, 6.07) is 0. The van der Waals surface area contributed by atoms with E-state index in [2.05, 4.69) is 0 Å². The van der Waals surface area contributed by atoms with Crippen LogP contribution in [-0.2, 0) is 113 Å². The predicted octanol–water partition coefficient (Wildman–Crippen LogP) is -0.995. The molecule has 0 saturated carbocycles. The third-order valence-electron chi connectivity index (χ3n) is 5.59. The van der Waals surface area contributed by atoms with E-state index in [-0.39, 0.29) is 64.6 Å². The first-order valence-corrected chi connectivity index (χ1v) is 17.1. The smallest absolute Gasteiger partial charge is 0.550 e. The van der Waals surface area contributed by atoms with Crippen LogP contribution in [0.5, 0.6) is 0 Å².